The number of thioether (sulfide) groups is 1. The van der Waals surface area contributed by atoms with E-state index in [0.717, 1.165) is 10.5 Å². The van der Waals surface area contributed by atoms with Gasteiger partial charge in [0.1, 0.15) is 11.1 Å². The van der Waals surface area contributed by atoms with Gasteiger partial charge in [0.15, 0.2) is 0 Å². The normalized spacial score (nSPS) is 15.0. The molecule has 18 heavy (non-hydrogen) atoms. The van der Waals surface area contributed by atoms with Crippen molar-refractivity contribution in [3.63, 3.8) is 0 Å². The predicted octanol–water partition coefficient (Wildman–Crippen LogP) is 2.92. The fraction of sp³-hybridized carbons (Fsp3) is 0.500. The lowest BCUT2D eigenvalue weighted by Crippen LogP contribution is -2.45. The van der Waals surface area contributed by atoms with Crippen molar-refractivity contribution < 1.29 is 9.53 Å². The van der Waals surface area contributed by atoms with Crippen LogP contribution < -0.4 is 5.73 Å². The van der Waals surface area contributed by atoms with Gasteiger partial charge in [0.25, 0.3) is 0 Å². The van der Waals surface area contributed by atoms with E-state index < -0.39 is 17.1 Å². The van der Waals surface area contributed by atoms with E-state index in [1.165, 1.54) is 0 Å². The number of benzene rings is 1. The molecule has 0 spiro atoms. The second-order valence-corrected chi connectivity index (χ2v) is 6.31. The van der Waals surface area contributed by atoms with Crippen molar-refractivity contribution in [1.82, 2.24) is 0 Å². The van der Waals surface area contributed by atoms with Gasteiger partial charge in [-0.05, 0) is 51.6 Å². The maximum absolute atomic E-state index is 12.1. The summed E-state index contributed by atoms with van der Waals surface area (Å²) >= 11 is 1.65. The van der Waals surface area contributed by atoms with Gasteiger partial charge in [-0.3, -0.25) is 0 Å². The Morgan fingerprint density at radius 3 is 2.06 bits per heavy atom. The van der Waals surface area contributed by atoms with E-state index >= 15 is 0 Å². The smallest absolute Gasteiger partial charge is 0.331 e. The van der Waals surface area contributed by atoms with E-state index in [4.69, 9.17) is 10.5 Å². The first-order chi connectivity index (χ1) is 8.16. The monoisotopic (exact) mass is 267 g/mol. The van der Waals surface area contributed by atoms with Crippen LogP contribution in [-0.2, 0) is 15.1 Å². The highest BCUT2D eigenvalue weighted by atomic mass is 32.2. The third-order valence-corrected chi connectivity index (χ3v) is 3.26. The lowest BCUT2D eigenvalue weighted by atomic mass is 9.93. The van der Waals surface area contributed by atoms with E-state index in [-0.39, 0.29) is 0 Å². The zero-order chi connectivity index (χ0) is 14.0. The van der Waals surface area contributed by atoms with Crippen LogP contribution in [0.1, 0.15) is 33.3 Å². The van der Waals surface area contributed by atoms with Crippen LogP contribution in [0.3, 0.4) is 0 Å². The van der Waals surface area contributed by atoms with Gasteiger partial charge in [-0.15, -0.1) is 11.8 Å². The molecule has 100 valence electrons. The highest BCUT2D eigenvalue weighted by Crippen LogP contribution is 2.24. The van der Waals surface area contributed by atoms with Gasteiger partial charge >= 0.3 is 5.97 Å². The van der Waals surface area contributed by atoms with Gasteiger partial charge in [0, 0.05) is 4.90 Å². The van der Waals surface area contributed by atoms with Crippen LogP contribution in [0.4, 0.5) is 0 Å². The molecular formula is C14H21NO2S. The number of esters is 1. The third-order valence-electron chi connectivity index (χ3n) is 2.51. The van der Waals surface area contributed by atoms with Crippen LogP contribution in [0.15, 0.2) is 29.2 Å². The lowest BCUT2D eigenvalue weighted by Gasteiger charge is -2.28. The molecule has 1 rings (SSSR count). The topological polar surface area (TPSA) is 52.3 Å². The van der Waals surface area contributed by atoms with Crippen molar-refractivity contribution in [1.29, 1.82) is 0 Å². The predicted molar refractivity (Wildman–Crippen MR) is 75.6 cm³/mol. The summed E-state index contributed by atoms with van der Waals surface area (Å²) in [6.45, 7) is 7.17. The van der Waals surface area contributed by atoms with Crippen LogP contribution in [0.2, 0.25) is 0 Å². The van der Waals surface area contributed by atoms with Crippen molar-refractivity contribution in [2.24, 2.45) is 5.73 Å². The number of ether oxygens (including phenoxy) is 1. The van der Waals surface area contributed by atoms with E-state index in [2.05, 4.69) is 0 Å². The van der Waals surface area contributed by atoms with Gasteiger partial charge in [0.2, 0.25) is 0 Å². The molecule has 0 aliphatic rings. The largest absolute Gasteiger partial charge is 0.458 e. The van der Waals surface area contributed by atoms with Crippen LogP contribution in [0.25, 0.3) is 0 Å². The molecule has 0 aliphatic carbocycles. The molecule has 2 N–H and O–H groups in total. The van der Waals surface area contributed by atoms with Crippen LogP contribution in [0, 0.1) is 0 Å². The second kappa shape index (κ2) is 5.33. The van der Waals surface area contributed by atoms with Crippen LogP contribution in [-0.4, -0.2) is 17.8 Å². The molecule has 0 radical (unpaired) electrons. The number of hydrogen-bond donors (Lipinski definition) is 1. The minimum absolute atomic E-state index is 0.410. The van der Waals surface area contributed by atoms with Crippen molar-refractivity contribution >= 4 is 17.7 Å². The molecule has 0 aromatic heterocycles. The summed E-state index contributed by atoms with van der Waals surface area (Å²) in [5, 5.41) is 0. The molecule has 0 unspecified atom stereocenters. The van der Waals surface area contributed by atoms with E-state index in [1.807, 2.05) is 51.3 Å². The summed E-state index contributed by atoms with van der Waals surface area (Å²) < 4.78 is 5.34. The maximum atomic E-state index is 12.1. The van der Waals surface area contributed by atoms with Crippen molar-refractivity contribution in [3.8, 4) is 0 Å². The minimum Gasteiger partial charge on any atom is -0.458 e. The molecule has 1 aromatic carbocycles. The Balaban J connectivity index is 2.94. The first-order valence-electron chi connectivity index (χ1n) is 5.83. The van der Waals surface area contributed by atoms with E-state index in [1.54, 1.807) is 18.7 Å². The highest BCUT2D eigenvalue weighted by molar-refractivity contribution is 7.98. The molecule has 1 atom stereocenters. The third kappa shape index (κ3) is 3.75. The van der Waals surface area contributed by atoms with Gasteiger partial charge in [-0.1, -0.05) is 12.1 Å². The average molecular weight is 267 g/mol. The molecule has 3 nitrogen and oxygen atoms in total. The van der Waals surface area contributed by atoms with Crippen LogP contribution >= 0.6 is 11.8 Å². The fourth-order valence-corrected chi connectivity index (χ4v) is 1.85. The van der Waals surface area contributed by atoms with Crippen molar-refractivity contribution in [3.05, 3.63) is 29.8 Å². The molecule has 0 bridgehead atoms. The maximum Gasteiger partial charge on any atom is 0.331 e. The minimum atomic E-state index is -1.12. The number of carbonyl (C=O) groups excluding carboxylic acids is 1. The second-order valence-electron chi connectivity index (χ2n) is 5.43. The Hall–Kier alpha value is -1.00. The summed E-state index contributed by atoms with van der Waals surface area (Å²) in [5.74, 6) is -0.410. The van der Waals surface area contributed by atoms with Crippen molar-refractivity contribution in [2.45, 2.75) is 43.7 Å². The molecule has 1 aromatic rings. The fourth-order valence-electron chi connectivity index (χ4n) is 1.44. The zero-order valence-corrected chi connectivity index (χ0v) is 12.4. The van der Waals surface area contributed by atoms with Gasteiger partial charge < -0.3 is 10.5 Å². The molecule has 0 saturated carbocycles. The molecule has 4 heteroatoms. The average Bonchev–Trinajstić information content (AvgIpc) is 2.27. The Morgan fingerprint density at radius 1 is 1.17 bits per heavy atom. The Bertz CT molecular complexity index is 418. The summed E-state index contributed by atoms with van der Waals surface area (Å²) in [6, 6.07) is 7.65. The zero-order valence-electron chi connectivity index (χ0n) is 11.6. The standard InChI is InChI=1S/C14H21NO2S/c1-13(2,3)17-12(16)14(4,15)10-6-8-11(18-5)9-7-10/h6-9H,15H2,1-5H3/t14-/m1/s1. The molecule has 0 aliphatic heterocycles. The first-order valence-corrected chi connectivity index (χ1v) is 7.06. The summed E-state index contributed by atoms with van der Waals surface area (Å²) in [5.41, 5.74) is 5.21. The molecular weight excluding hydrogens is 246 g/mol. The number of rotatable bonds is 3. The molecule has 0 saturated heterocycles. The van der Waals surface area contributed by atoms with Gasteiger partial charge in [0.05, 0.1) is 0 Å². The molecule has 0 amide bonds. The summed E-state index contributed by atoms with van der Waals surface area (Å²) in [4.78, 5) is 13.2. The van der Waals surface area contributed by atoms with Crippen LogP contribution in [0.5, 0.6) is 0 Å². The number of hydrogen-bond acceptors (Lipinski definition) is 4. The number of nitrogens with two attached hydrogens (primary N) is 1. The number of carbonyl (C=O) groups is 1. The van der Waals surface area contributed by atoms with Gasteiger partial charge in [-0.25, -0.2) is 4.79 Å². The molecule has 0 heterocycles. The SMILES string of the molecule is CSc1ccc([C@@](C)(N)C(=O)OC(C)(C)C)cc1. The lowest BCUT2D eigenvalue weighted by molar-refractivity contribution is -0.161. The summed E-state index contributed by atoms with van der Waals surface area (Å²) in [6.07, 6.45) is 2.00. The van der Waals surface area contributed by atoms with E-state index in [9.17, 15) is 4.79 Å². The summed E-state index contributed by atoms with van der Waals surface area (Å²) in [7, 11) is 0. The highest BCUT2D eigenvalue weighted by Gasteiger charge is 2.34. The Kier molecular flexibility index (Phi) is 4.46. The van der Waals surface area contributed by atoms with Gasteiger partial charge in [-0.2, -0.15) is 0 Å². The van der Waals surface area contributed by atoms with E-state index in [0.29, 0.717) is 0 Å². The first kappa shape index (κ1) is 15.1. The van der Waals surface area contributed by atoms with Crippen molar-refractivity contribution in [2.75, 3.05) is 6.26 Å². The molecule has 0 fully saturated rings. The Labute approximate surface area is 113 Å². The Morgan fingerprint density at radius 2 is 1.67 bits per heavy atom. The quantitative estimate of drug-likeness (QED) is 0.676.